The lowest BCUT2D eigenvalue weighted by Gasteiger charge is -2.39. The van der Waals surface area contributed by atoms with Gasteiger partial charge in [-0.3, -0.25) is 19.0 Å². The molecule has 1 aliphatic heterocycles. The van der Waals surface area contributed by atoms with Crippen LogP contribution in [0.15, 0.2) is 70.8 Å². The Balaban J connectivity index is 1.85. The maximum absolute atomic E-state index is 14.2. The lowest BCUT2D eigenvalue weighted by atomic mass is 9.92. The number of amides is 1. The SMILES string of the molecule is C=CC(=O)N1CC(Cn2c(=O)c(=O)n(-c3c(C(C)C)cccc3C(C)C)c3cc(-c4cc(O)ccc4Cl)c(Cl)cc32)C1. The molecule has 0 radical (unpaired) electrons. The van der Waals surface area contributed by atoms with Crippen molar-refractivity contribution >= 4 is 40.1 Å². The first kappa shape index (κ1) is 29.7. The molecule has 9 heteroatoms. The van der Waals surface area contributed by atoms with Gasteiger partial charge in [-0.15, -0.1) is 0 Å². The number of halogens is 2. The second kappa shape index (κ2) is 11.5. The lowest BCUT2D eigenvalue weighted by Crippen LogP contribution is -2.52. The molecule has 1 aromatic heterocycles. The zero-order valence-corrected chi connectivity index (χ0v) is 25.5. The van der Waals surface area contributed by atoms with Gasteiger partial charge in [-0.05, 0) is 59.4 Å². The topological polar surface area (TPSA) is 84.5 Å². The number of para-hydroxylation sites is 1. The number of hydrogen-bond donors (Lipinski definition) is 1. The fourth-order valence-electron chi connectivity index (χ4n) is 5.73. The fraction of sp³-hybridized carbons (Fsp3) is 0.303. The first-order valence-electron chi connectivity index (χ1n) is 13.9. The Morgan fingerprint density at radius 1 is 0.929 bits per heavy atom. The third-order valence-corrected chi connectivity index (χ3v) is 8.56. The summed E-state index contributed by atoms with van der Waals surface area (Å²) in [4.78, 5) is 41.7. The second-order valence-electron chi connectivity index (χ2n) is 11.4. The van der Waals surface area contributed by atoms with E-state index in [1.54, 1.807) is 23.1 Å². The van der Waals surface area contributed by atoms with Crippen LogP contribution in [-0.4, -0.2) is 38.1 Å². The Morgan fingerprint density at radius 2 is 1.55 bits per heavy atom. The van der Waals surface area contributed by atoms with E-state index in [0.717, 1.165) is 11.1 Å². The van der Waals surface area contributed by atoms with Crippen molar-refractivity contribution in [2.75, 3.05) is 13.1 Å². The molecule has 218 valence electrons. The minimum absolute atomic E-state index is 0.0156. The van der Waals surface area contributed by atoms with Crippen LogP contribution in [0.5, 0.6) is 5.75 Å². The van der Waals surface area contributed by atoms with E-state index in [-0.39, 0.29) is 36.0 Å². The second-order valence-corrected chi connectivity index (χ2v) is 12.3. The number of likely N-dealkylation sites (tertiary alicyclic amines) is 1. The Bertz CT molecular complexity index is 1820. The highest BCUT2D eigenvalue weighted by Crippen LogP contribution is 2.39. The summed E-state index contributed by atoms with van der Waals surface area (Å²) in [5.41, 5.74) is 3.22. The molecule has 7 nitrogen and oxygen atoms in total. The Labute approximate surface area is 254 Å². The van der Waals surface area contributed by atoms with Crippen LogP contribution < -0.4 is 11.1 Å². The minimum atomic E-state index is -0.675. The number of fused-ring (bicyclic) bond motifs is 1. The number of benzene rings is 3. The van der Waals surface area contributed by atoms with Crippen molar-refractivity contribution in [3.8, 4) is 22.6 Å². The third-order valence-electron chi connectivity index (χ3n) is 7.92. The van der Waals surface area contributed by atoms with Crippen molar-refractivity contribution in [3.63, 3.8) is 0 Å². The molecular formula is C33H33Cl2N3O4. The molecular weight excluding hydrogens is 573 g/mol. The quantitative estimate of drug-likeness (QED) is 0.187. The number of phenols is 1. The molecule has 0 atom stereocenters. The van der Waals surface area contributed by atoms with E-state index >= 15 is 0 Å². The minimum Gasteiger partial charge on any atom is -0.508 e. The average molecular weight is 607 g/mol. The largest absolute Gasteiger partial charge is 0.508 e. The predicted molar refractivity (Wildman–Crippen MR) is 169 cm³/mol. The summed E-state index contributed by atoms with van der Waals surface area (Å²) in [5.74, 6) is -0.0273. The first-order chi connectivity index (χ1) is 19.9. The van der Waals surface area contributed by atoms with Gasteiger partial charge in [0.2, 0.25) is 5.91 Å². The van der Waals surface area contributed by atoms with Crippen LogP contribution >= 0.6 is 23.2 Å². The number of nitrogens with zero attached hydrogens (tertiary/aromatic N) is 3. The summed E-state index contributed by atoms with van der Waals surface area (Å²) in [6.45, 7) is 12.9. The number of rotatable bonds is 7. The van der Waals surface area contributed by atoms with Gasteiger partial charge in [0.1, 0.15) is 5.75 Å². The first-order valence-corrected chi connectivity index (χ1v) is 14.7. The summed E-state index contributed by atoms with van der Waals surface area (Å²) < 4.78 is 2.99. The van der Waals surface area contributed by atoms with Crippen molar-refractivity contribution < 1.29 is 9.90 Å². The van der Waals surface area contributed by atoms with Gasteiger partial charge < -0.3 is 14.6 Å². The summed E-state index contributed by atoms with van der Waals surface area (Å²) in [7, 11) is 0. The molecule has 2 heterocycles. The van der Waals surface area contributed by atoms with E-state index in [1.165, 1.54) is 27.3 Å². The summed E-state index contributed by atoms with van der Waals surface area (Å²) in [5, 5.41) is 10.9. The van der Waals surface area contributed by atoms with E-state index in [4.69, 9.17) is 23.2 Å². The zero-order valence-electron chi connectivity index (χ0n) is 24.0. The highest BCUT2D eigenvalue weighted by Gasteiger charge is 2.31. The number of carbonyl (C=O) groups is 1. The van der Waals surface area contributed by atoms with Crippen LogP contribution in [0.1, 0.15) is 50.7 Å². The molecule has 0 bridgehead atoms. The molecule has 0 aliphatic carbocycles. The molecule has 3 aromatic carbocycles. The van der Waals surface area contributed by atoms with Crippen LogP contribution in [-0.2, 0) is 11.3 Å². The molecule has 1 amide bonds. The standard InChI is InChI=1S/C33H33Cl2N3O4/c1-6-30(40)36-15-20(16-36)17-37-28-14-27(35)25(24-12-21(39)10-11-26(24)34)13-29(28)38(33(42)32(37)41)31-22(18(2)3)8-7-9-23(31)19(4)5/h6-14,18-20,39H,1,15-17H2,2-5H3. The van der Waals surface area contributed by atoms with Crippen molar-refractivity contribution in [1.29, 1.82) is 0 Å². The predicted octanol–water partition coefficient (Wildman–Crippen LogP) is 6.72. The van der Waals surface area contributed by atoms with Gasteiger partial charge in [0.05, 0.1) is 21.7 Å². The Kier molecular flexibility index (Phi) is 8.10. The van der Waals surface area contributed by atoms with Gasteiger partial charge in [-0.1, -0.05) is 75.7 Å². The summed E-state index contributed by atoms with van der Waals surface area (Å²) in [6, 6.07) is 14.0. The highest BCUT2D eigenvalue weighted by molar-refractivity contribution is 6.37. The average Bonchev–Trinajstić information content (AvgIpc) is 2.93. The third kappa shape index (κ3) is 5.16. The number of hydrogen-bond acceptors (Lipinski definition) is 4. The zero-order chi connectivity index (χ0) is 30.5. The molecule has 1 fully saturated rings. The number of aromatic hydroxyl groups is 1. The fourth-order valence-corrected chi connectivity index (χ4v) is 6.21. The van der Waals surface area contributed by atoms with E-state index < -0.39 is 11.1 Å². The molecule has 1 N–H and O–H groups in total. The molecule has 0 spiro atoms. The van der Waals surface area contributed by atoms with Crippen LogP contribution in [0.2, 0.25) is 10.0 Å². The lowest BCUT2D eigenvalue weighted by molar-refractivity contribution is -0.132. The number of aromatic nitrogens is 2. The van der Waals surface area contributed by atoms with Gasteiger partial charge in [-0.25, -0.2) is 0 Å². The highest BCUT2D eigenvalue weighted by atomic mass is 35.5. The van der Waals surface area contributed by atoms with Gasteiger partial charge in [-0.2, -0.15) is 0 Å². The van der Waals surface area contributed by atoms with Gasteiger partial charge in [0, 0.05) is 41.7 Å². The summed E-state index contributed by atoms with van der Waals surface area (Å²) >= 11 is 13.4. The maximum atomic E-state index is 14.2. The molecule has 5 rings (SSSR count). The molecule has 0 saturated carbocycles. The Hall–Kier alpha value is -3.81. The molecule has 0 unspecified atom stereocenters. The monoisotopic (exact) mass is 605 g/mol. The van der Waals surface area contributed by atoms with Crippen LogP contribution in [0.3, 0.4) is 0 Å². The van der Waals surface area contributed by atoms with Gasteiger partial charge >= 0.3 is 11.1 Å². The number of carbonyl (C=O) groups excluding carboxylic acids is 1. The van der Waals surface area contributed by atoms with E-state index in [9.17, 15) is 19.5 Å². The molecule has 1 aliphatic rings. The van der Waals surface area contributed by atoms with Gasteiger partial charge in [0.15, 0.2) is 0 Å². The smallest absolute Gasteiger partial charge is 0.321 e. The van der Waals surface area contributed by atoms with Crippen molar-refractivity contribution in [2.24, 2.45) is 5.92 Å². The Morgan fingerprint density at radius 3 is 2.14 bits per heavy atom. The van der Waals surface area contributed by atoms with Crippen molar-refractivity contribution in [3.05, 3.63) is 103 Å². The van der Waals surface area contributed by atoms with E-state index in [0.29, 0.717) is 51.0 Å². The van der Waals surface area contributed by atoms with E-state index in [2.05, 4.69) is 34.3 Å². The summed E-state index contributed by atoms with van der Waals surface area (Å²) in [6.07, 6.45) is 1.27. The van der Waals surface area contributed by atoms with Crippen molar-refractivity contribution in [1.82, 2.24) is 14.0 Å². The molecule has 42 heavy (non-hydrogen) atoms. The normalized spacial score (nSPS) is 13.7. The van der Waals surface area contributed by atoms with E-state index in [1.807, 2.05) is 18.2 Å². The maximum Gasteiger partial charge on any atom is 0.321 e. The number of phenolic OH excluding ortho intramolecular Hbond substituents is 1. The molecule has 1 saturated heterocycles. The van der Waals surface area contributed by atoms with Crippen LogP contribution in [0.4, 0.5) is 0 Å². The van der Waals surface area contributed by atoms with Crippen LogP contribution in [0.25, 0.3) is 27.8 Å². The van der Waals surface area contributed by atoms with Crippen molar-refractivity contribution in [2.45, 2.75) is 46.1 Å². The molecule has 4 aromatic rings. The van der Waals surface area contributed by atoms with Crippen LogP contribution in [0, 0.1) is 5.92 Å². The van der Waals surface area contributed by atoms with Gasteiger partial charge in [0.25, 0.3) is 0 Å².